The zero-order chi connectivity index (χ0) is 21.7. The minimum atomic E-state index is -0.579. The van der Waals surface area contributed by atoms with Crippen LogP contribution in [0.1, 0.15) is 19.4 Å². The Balaban J connectivity index is 2.04. The van der Waals surface area contributed by atoms with Gasteiger partial charge in [0.2, 0.25) is 5.91 Å². The van der Waals surface area contributed by atoms with Crippen LogP contribution in [-0.2, 0) is 4.79 Å². The number of carbonyl (C=O) groups is 1. The molecule has 1 amide bonds. The minimum absolute atomic E-state index is 0.0265. The molecule has 6 heteroatoms. The molecule has 0 heterocycles. The van der Waals surface area contributed by atoms with Crippen molar-refractivity contribution >= 4 is 23.5 Å². The van der Waals surface area contributed by atoms with Crippen LogP contribution in [-0.4, -0.2) is 17.2 Å². The van der Waals surface area contributed by atoms with Gasteiger partial charge in [-0.2, -0.15) is 0 Å². The number of amides is 1. The second-order valence-corrected chi connectivity index (χ2v) is 6.60. The van der Waals surface area contributed by atoms with Crippen molar-refractivity contribution in [1.82, 2.24) is 0 Å². The van der Waals surface area contributed by atoms with E-state index in [0.29, 0.717) is 22.4 Å². The largest absolute Gasteiger partial charge is 0.507 e. The Morgan fingerprint density at radius 1 is 1.07 bits per heavy atom. The van der Waals surface area contributed by atoms with Crippen LogP contribution in [0.15, 0.2) is 71.9 Å². The van der Waals surface area contributed by atoms with Crippen LogP contribution in [0.3, 0.4) is 0 Å². The summed E-state index contributed by atoms with van der Waals surface area (Å²) in [6, 6.07) is 17.2. The summed E-state index contributed by atoms with van der Waals surface area (Å²) >= 11 is 0. The van der Waals surface area contributed by atoms with E-state index in [1.54, 1.807) is 37.4 Å². The van der Waals surface area contributed by atoms with Gasteiger partial charge in [-0.1, -0.05) is 42.5 Å². The second-order valence-electron chi connectivity index (χ2n) is 6.60. The number of aliphatic imine (C=N–C) groups is 1. The molecule has 5 nitrogen and oxygen atoms in total. The third-order valence-corrected chi connectivity index (χ3v) is 4.52. The third kappa shape index (κ3) is 4.38. The van der Waals surface area contributed by atoms with Crippen LogP contribution in [0, 0.1) is 5.82 Å². The van der Waals surface area contributed by atoms with Crippen molar-refractivity contribution in [2.75, 3.05) is 5.32 Å². The summed E-state index contributed by atoms with van der Waals surface area (Å²) in [7, 11) is 0. The standard InChI is InChI=1S/C24H22FN3O2/c1-3-27-23(14-26)18-7-4-6-16(12-18)19-8-5-9-20(24(19)30)17-10-11-22(21(25)13-17)28-15(2)29/h3-14,30H,26H2,1-2H3,(H,28,29)/b23-14-,27-3?. The predicted molar refractivity (Wildman–Crippen MR) is 120 cm³/mol. The lowest BCUT2D eigenvalue weighted by Crippen LogP contribution is -2.07. The van der Waals surface area contributed by atoms with E-state index in [0.717, 1.165) is 11.1 Å². The molecule has 0 unspecified atom stereocenters. The molecule has 3 aromatic carbocycles. The van der Waals surface area contributed by atoms with Crippen LogP contribution in [0.25, 0.3) is 28.0 Å². The topological polar surface area (TPSA) is 87.7 Å². The fourth-order valence-corrected chi connectivity index (χ4v) is 3.18. The predicted octanol–water partition coefficient (Wildman–Crippen LogP) is 5.17. The Morgan fingerprint density at radius 3 is 2.33 bits per heavy atom. The summed E-state index contributed by atoms with van der Waals surface area (Å²) in [5.74, 6) is -0.909. The number of anilines is 1. The number of hydrogen-bond acceptors (Lipinski definition) is 4. The van der Waals surface area contributed by atoms with Crippen LogP contribution in [0.5, 0.6) is 5.75 Å². The molecule has 0 fully saturated rings. The number of phenols is 1. The molecule has 3 rings (SSSR count). The van der Waals surface area contributed by atoms with Crippen LogP contribution < -0.4 is 11.1 Å². The number of nitrogens with one attached hydrogen (secondary N) is 1. The molecule has 0 aliphatic rings. The van der Waals surface area contributed by atoms with Gasteiger partial charge in [0.25, 0.3) is 0 Å². The van der Waals surface area contributed by atoms with E-state index in [4.69, 9.17) is 5.73 Å². The summed E-state index contributed by atoms with van der Waals surface area (Å²) in [5, 5.41) is 13.4. The second kappa shape index (κ2) is 9.05. The van der Waals surface area contributed by atoms with E-state index in [1.807, 2.05) is 24.3 Å². The monoisotopic (exact) mass is 403 g/mol. The molecular weight excluding hydrogens is 381 g/mol. The number of rotatable bonds is 5. The highest BCUT2D eigenvalue weighted by Gasteiger charge is 2.14. The molecule has 0 saturated heterocycles. The summed E-state index contributed by atoms with van der Waals surface area (Å²) < 4.78 is 14.4. The van der Waals surface area contributed by atoms with Crippen LogP contribution in [0.4, 0.5) is 10.1 Å². The number of benzene rings is 3. The SMILES string of the molecule is CC=N/C(=C\N)c1cccc(-c2cccc(-c3ccc(NC(C)=O)c(F)c3)c2O)c1. The van der Waals surface area contributed by atoms with E-state index < -0.39 is 5.82 Å². The van der Waals surface area contributed by atoms with Crippen molar-refractivity contribution in [1.29, 1.82) is 0 Å². The maximum Gasteiger partial charge on any atom is 0.221 e. The molecular formula is C24H22FN3O2. The van der Waals surface area contributed by atoms with Crippen molar-refractivity contribution in [3.63, 3.8) is 0 Å². The van der Waals surface area contributed by atoms with E-state index >= 15 is 0 Å². The zero-order valence-corrected chi connectivity index (χ0v) is 16.7. The summed E-state index contributed by atoms with van der Waals surface area (Å²) in [6.45, 7) is 3.12. The van der Waals surface area contributed by atoms with Crippen LogP contribution in [0.2, 0.25) is 0 Å². The van der Waals surface area contributed by atoms with E-state index in [1.165, 1.54) is 25.3 Å². The van der Waals surface area contributed by atoms with Gasteiger partial charge in [-0.25, -0.2) is 4.39 Å². The number of aromatic hydroxyl groups is 1. The number of carbonyl (C=O) groups excluding carboxylic acids is 1. The van der Waals surface area contributed by atoms with E-state index in [9.17, 15) is 14.3 Å². The van der Waals surface area contributed by atoms with Gasteiger partial charge in [-0.15, -0.1) is 0 Å². The molecule has 0 spiro atoms. The fourth-order valence-electron chi connectivity index (χ4n) is 3.18. The van der Waals surface area contributed by atoms with Crippen molar-refractivity contribution < 1.29 is 14.3 Å². The molecule has 0 saturated carbocycles. The third-order valence-electron chi connectivity index (χ3n) is 4.52. The molecule has 0 bridgehead atoms. The van der Waals surface area contributed by atoms with Crippen LogP contribution >= 0.6 is 0 Å². The lowest BCUT2D eigenvalue weighted by molar-refractivity contribution is -0.114. The van der Waals surface area contributed by atoms with E-state index in [-0.39, 0.29) is 17.3 Å². The average Bonchev–Trinajstić information content (AvgIpc) is 2.73. The van der Waals surface area contributed by atoms with Crippen molar-refractivity contribution in [2.24, 2.45) is 10.7 Å². The number of nitrogens with zero attached hydrogens (tertiary/aromatic N) is 1. The summed E-state index contributed by atoms with van der Waals surface area (Å²) in [6.07, 6.45) is 3.08. The minimum Gasteiger partial charge on any atom is -0.507 e. The van der Waals surface area contributed by atoms with Gasteiger partial charge in [-0.05, 0) is 36.2 Å². The van der Waals surface area contributed by atoms with Gasteiger partial charge < -0.3 is 16.2 Å². The molecule has 0 aliphatic heterocycles. The first-order valence-corrected chi connectivity index (χ1v) is 9.35. The number of nitrogens with two attached hydrogens (primary N) is 1. The molecule has 4 N–H and O–H groups in total. The summed E-state index contributed by atoms with van der Waals surface area (Å²) in [5.41, 5.74) is 9.54. The molecule has 30 heavy (non-hydrogen) atoms. The molecule has 3 aromatic rings. The normalized spacial score (nSPS) is 11.6. The van der Waals surface area contributed by atoms with E-state index in [2.05, 4.69) is 10.3 Å². The lowest BCUT2D eigenvalue weighted by Gasteiger charge is -2.13. The molecule has 0 radical (unpaired) electrons. The van der Waals surface area contributed by atoms with Crippen molar-refractivity contribution in [3.8, 4) is 28.0 Å². The van der Waals surface area contributed by atoms with Gasteiger partial charge >= 0.3 is 0 Å². The van der Waals surface area contributed by atoms with Gasteiger partial charge in [0.05, 0.1) is 11.4 Å². The lowest BCUT2D eigenvalue weighted by atomic mass is 9.96. The number of hydrogen-bond donors (Lipinski definition) is 3. The number of phenolic OH excluding ortho intramolecular Hbond substituents is 1. The molecule has 0 aromatic heterocycles. The van der Waals surface area contributed by atoms with Crippen molar-refractivity contribution in [3.05, 3.63) is 78.2 Å². The highest BCUT2D eigenvalue weighted by Crippen LogP contribution is 2.39. The Morgan fingerprint density at radius 2 is 1.73 bits per heavy atom. The highest BCUT2D eigenvalue weighted by molar-refractivity contribution is 5.90. The van der Waals surface area contributed by atoms with Gasteiger partial charge in [0, 0.05) is 36.0 Å². The van der Waals surface area contributed by atoms with Gasteiger partial charge in [0.15, 0.2) is 0 Å². The first-order valence-electron chi connectivity index (χ1n) is 9.35. The number of para-hydroxylation sites is 1. The van der Waals surface area contributed by atoms with Gasteiger partial charge in [-0.3, -0.25) is 9.79 Å². The maximum atomic E-state index is 14.4. The maximum absolute atomic E-state index is 14.4. The van der Waals surface area contributed by atoms with Gasteiger partial charge in [0.1, 0.15) is 11.6 Å². The molecule has 152 valence electrons. The zero-order valence-electron chi connectivity index (χ0n) is 16.7. The fraction of sp³-hybridized carbons (Fsp3) is 0.0833. The Bertz CT molecular complexity index is 1150. The quantitative estimate of drug-likeness (QED) is 0.514. The summed E-state index contributed by atoms with van der Waals surface area (Å²) in [4.78, 5) is 15.4. The average molecular weight is 403 g/mol. The Hall–Kier alpha value is -3.93. The molecule has 0 atom stereocenters. The highest BCUT2D eigenvalue weighted by atomic mass is 19.1. The first kappa shape index (κ1) is 20.8. The smallest absolute Gasteiger partial charge is 0.221 e. The first-order chi connectivity index (χ1) is 14.4. The Kier molecular flexibility index (Phi) is 6.27. The Labute approximate surface area is 174 Å². The number of halogens is 1. The molecule has 0 aliphatic carbocycles. The van der Waals surface area contributed by atoms with Crippen molar-refractivity contribution in [2.45, 2.75) is 13.8 Å².